The van der Waals surface area contributed by atoms with Crippen LogP contribution in [0.4, 0.5) is 0 Å². The van der Waals surface area contributed by atoms with Crippen molar-refractivity contribution in [3.05, 3.63) is 29.3 Å². The minimum atomic E-state index is -0.555. The van der Waals surface area contributed by atoms with E-state index in [-0.39, 0.29) is 24.1 Å². The Morgan fingerprint density at radius 3 is 2.39 bits per heavy atom. The molecule has 1 aliphatic carbocycles. The van der Waals surface area contributed by atoms with Crippen LogP contribution in [0.5, 0.6) is 0 Å². The van der Waals surface area contributed by atoms with Crippen LogP contribution in [0.2, 0.25) is 0 Å². The second-order valence-electron chi connectivity index (χ2n) is 12.7. The molecule has 1 aromatic carbocycles. The van der Waals surface area contributed by atoms with Gasteiger partial charge in [-0.1, -0.05) is 66.4 Å². The molecule has 1 unspecified atom stereocenters. The lowest BCUT2D eigenvalue weighted by Crippen LogP contribution is -2.52. The normalized spacial score (nSPS) is 26.1. The van der Waals surface area contributed by atoms with Crippen LogP contribution in [-0.2, 0) is 16.1 Å². The summed E-state index contributed by atoms with van der Waals surface area (Å²) >= 11 is 1.82. The second kappa shape index (κ2) is 12.1. The summed E-state index contributed by atoms with van der Waals surface area (Å²) in [6.07, 6.45) is 9.47. The zero-order chi connectivity index (χ0) is 27.5. The van der Waals surface area contributed by atoms with Crippen LogP contribution < -0.4 is 10.6 Å². The van der Waals surface area contributed by atoms with Gasteiger partial charge in [-0.3, -0.25) is 19.7 Å². The van der Waals surface area contributed by atoms with Gasteiger partial charge in [0.15, 0.2) is 0 Å². The molecule has 4 rings (SSSR count). The first-order chi connectivity index (χ1) is 18.0. The molecule has 210 valence electrons. The van der Waals surface area contributed by atoms with Crippen molar-refractivity contribution >= 4 is 29.5 Å². The lowest BCUT2D eigenvalue weighted by Gasteiger charge is -2.41. The largest absolute Gasteiger partial charge is 0.322 e. The van der Waals surface area contributed by atoms with E-state index < -0.39 is 6.04 Å². The number of rotatable bonds is 12. The molecule has 0 radical (unpaired) electrons. The quantitative estimate of drug-likeness (QED) is 0.195. The Bertz CT molecular complexity index is 1040. The molecule has 2 N–H and O–H groups in total. The van der Waals surface area contributed by atoms with Crippen molar-refractivity contribution in [2.45, 2.75) is 116 Å². The maximum absolute atomic E-state index is 13.0. The highest BCUT2D eigenvalue weighted by Crippen LogP contribution is 2.55. The first-order valence-corrected chi connectivity index (χ1v) is 15.7. The summed E-state index contributed by atoms with van der Waals surface area (Å²) in [6, 6.07) is 5.95. The Hall–Kier alpha value is -1.86. The van der Waals surface area contributed by atoms with E-state index in [1.165, 1.54) is 44.9 Å². The molecule has 2 aliphatic heterocycles. The summed E-state index contributed by atoms with van der Waals surface area (Å²) in [5.74, 6) is 1.09. The van der Waals surface area contributed by atoms with E-state index in [9.17, 15) is 14.4 Å². The summed E-state index contributed by atoms with van der Waals surface area (Å²) in [7, 11) is 0. The predicted octanol–water partition coefficient (Wildman–Crippen LogP) is 5.93. The molecule has 1 aromatic rings. The van der Waals surface area contributed by atoms with E-state index in [2.05, 4.69) is 51.3 Å². The molecule has 0 spiro atoms. The van der Waals surface area contributed by atoms with Crippen molar-refractivity contribution < 1.29 is 14.4 Å². The van der Waals surface area contributed by atoms with E-state index in [4.69, 9.17) is 0 Å². The standard InChI is InChI=1S/C31H47N3O3S/c1-21-19-26(31(4,5)30(21,2)3)32-17-10-8-6-7-9-11-18-38-25-14-12-13-22-23(25)20-34(29(22)37)24-15-16-27(35)33-28(24)36/h12-14,21,24,26,32H,6-11,15-20H2,1-5H3,(H,33,35,36)/t21-,24?,26+/m0/s1. The molecule has 3 atom stereocenters. The molecule has 3 amide bonds. The molecule has 1 saturated heterocycles. The smallest absolute Gasteiger partial charge is 0.255 e. The third kappa shape index (κ3) is 5.99. The Balaban J connectivity index is 1.12. The zero-order valence-corrected chi connectivity index (χ0v) is 24.8. The highest BCUT2D eigenvalue weighted by Gasteiger charge is 2.52. The minimum Gasteiger partial charge on any atom is -0.322 e. The Morgan fingerprint density at radius 1 is 1.00 bits per heavy atom. The van der Waals surface area contributed by atoms with Crippen molar-refractivity contribution in [2.24, 2.45) is 16.7 Å². The average Bonchev–Trinajstić information content (AvgIpc) is 3.27. The van der Waals surface area contributed by atoms with Crippen LogP contribution in [-0.4, -0.2) is 47.0 Å². The second-order valence-corrected chi connectivity index (χ2v) is 13.9. The van der Waals surface area contributed by atoms with E-state index in [0.29, 0.717) is 35.4 Å². The van der Waals surface area contributed by atoms with Crippen LogP contribution in [0.3, 0.4) is 0 Å². The lowest BCUT2D eigenvalue weighted by molar-refractivity contribution is -0.136. The molecule has 38 heavy (non-hydrogen) atoms. The number of hydrogen-bond donors (Lipinski definition) is 2. The molecule has 0 bridgehead atoms. The summed E-state index contributed by atoms with van der Waals surface area (Å²) in [4.78, 5) is 39.6. The summed E-state index contributed by atoms with van der Waals surface area (Å²) in [5, 5.41) is 6.25. The van der Waals surface area contributed by atoms with Gasteiger partial charge in [-0.2, -0.15) is 0 Å². The predicted molar refractivity (Wildman–Crippen MR) is 154 cm³/mol. The molecule has 2 heterocycles. The first kappa shape index (κ1) is 29.1. The van der Waals surface area contributed by atoms with Gasteiger partial charge in [-0.05, 0) is 72.4 Å². The molecule has 3 aliphatic rings. The Morgan fingerprint density at radius 2 is 1.71 bits per heavy atom. The monoisotopic (exact) mass is 541 g/mol. The average molecular weight is 542 g/mol. The maximum Gasteiger partial charge on any atom is 0.255 e. The highest BCUT2D eigenvalue weighted by atomic mass is 32.2. The zero-order valence-electron chi connectivity index (χ0n) is 24.0. The van der Waals surface area contributed by atoms with E-state index in [0.717, 1.165) is 28.7 Å². The Labute approximate surface area is 233 Å². The summed E-state index contributed by atoms with van der Waals surface area (Å²) in [6.45, 7) is 13.7. The fraction of sp³-hybridized carbons (Fsp3) is 0.710. The minimum absolute atomic E-state index is 0.0962. The molecule has 7 heteroatoms. The molecule has 2 fully saturated rings. The third-order valence-corrected chi connectivity index (χ3v) is 11.3. The number of amides is 3. The van der Waals surface area contributed by atoms with Gasteiger partial charge in [0.25, 0.3) is 5.91 Å². The van der Waals surface area contributed by atoms with Gasteiger partial charge in [-0.15, -0.1) is 11.8 Å². The number of benzene rings is 1. The van der Waals surface area contributed by atoms with Gasteiger partial charge in [0.2, 0.25) is 11.8 Å². The van der Waals surface area contributed by atoms with Crippen LogP contribution in [0, 0.1) is 16.7 Å². The fourth-order valence-electron chi connectivity index (χ4n) is 6.45. The molecular formula is C31H47N3O3S. The van der Waals surface area contributed by atoms with Crippen molar-refractivity contribution in [3.63, 3.8) is 0 Å². The number of nitrogens with one attached hydrogen (secondary N) is 2. The van der Waals surface area contributed by atoms with Gasteiger partial charge >= 0.3 is 0 Å². The number of carbonyl (C=O) groups is 3. The van der Waals surface area contributed by atoms with Crippen molar-refractivity contribution in [1.82, 2.24) is 15.5 Å². The van der Waals surface area contributed by atoms with Gasteiger partial charge in [0.05, 0.1) is 0 Å². The van der Waals surface area contributed by atoms with Gasteiger partial charge < -0.3 is 10.2 Å². The number of unbranched alkanes of at least 4 members (excludes halogenated alkanes) is 5. The SMILES string of the molecule is C[C@H]1C[C@@H](NCCCCCCCCSc2cccc3c2CN(C2CCC(=O)NC2=O)C3=O)C(C)(C)C1(C)C. The molecule has 1 saturated carbocycles. The Kier molecular flexibility index (Phi) is 9.29. The van der Waals surface area contributed by atoms with Crippen LogP contribution in [0.15, 0.2) is 23.1 Å². The fourth-order valence-corrected chi connectivity index (χ4v) is 7.54. The van der Waals surface area contributed by atoms with Gasteiger partial charge in [0.1, 0.15) is 6.04 Å². The summed E-state index contributed by atoms with van der Waals surface area (Å²) in [5.41, 5.74) is 2.44. The van der Waals surface area contributed by atoms with E-state index in [1.807, 2.05) is 23.9 Å². The maximum atomic E-state index is 13.0. The number of nitrogens with zero attached hydrogens (tertiary/aromatic N) is 1. The van der Waals surface area contributed by atoms with E-state index in [1.54, 1.807) is 4.90 Å². The number of imide groups is 1. The van der Waals surface area contributed by atoms with Crippen molar-refractivity contribution in [3.8, 4) is 0 Å². The lowest BCUT2D eigenvalue weighted by atomic mass is 9.66. The van der Waals surface area contributed by atoms with Gasteiger partial charge in [-0.25, -0.2) is 0 Å². The first-order valence-electron chi connectivity index (χ1n) is 14.7. The van der Waals surface area contributed by atoms with Crippen LogP contribution >= 0.6 is 11.8 Å². The van der Waals surface area contributed by atoms with Gasteiger partial charge in [0, 0.05) is 29.5 Å². The van der Waals surface area contributed by atoms with Crippen molar-refractivity contribution in [2.75, 3.05) is 12.3 Å². The number of carbonyl (C=O) groups excluding carboxylic acids is 3. The number of fused-ring (bicyclic) bond motifs is 1. The van der Waals surface area contributed by atoms with Crippen molar-refractivity contribution in [1.29, 1.82) is 0 Å². The molecule has 6 nitrogen and oxygen atoms in total. The highest BCUT2D eigenvalue weighted by molar-refractivity contribution is 7.99. The van der Waals surface area contributed by atoms with Crippen LogP contribution in [0.1, 0.15) is 108 Å². The van der Waals surface area contributed by atoms with Crippen LogP contribution in [0.25, 0.3) is 0 Å². The van der Waals surface area contributed by atoms with E-state index >= 15 is 0 Å². The molecular weight excluding hydrogens is 494 g/mol. The topological polar surface area (TPSA) is 78.5 Å². The number of piperidine rings is 1. The summed E-state index contributed by atoms with van der Waals surface area (Å²) < 4.78 is 0. The third-order valence-electron chi connectivity index (χ3n) is 10.1. The number of thioether (sulfide) groups is 1. The molecule has 0 aromatic heterocycles. The number of hydrogen-bond acceptors (Lipinski definition) is 5.